The van der Waals surface area contributed by atoms with Gasteiger partial charge in [-0.05, 0) is 42.9 Å². The Morgan fingerprint density at radius 3 is 2.47 bits per heavy atom. The Labute approximate surface area is 104 Å². The molecule has 0 spiro atoms. The van der Waals surface area contributed by atoms with E-state index in [1.165, 1.54) is 17.5 Å². The second-order valence-corrected chi connectivity index (χ2v) is 5.54. The van der Waals surface area contributed by atoms with E-state index < -0.39 is 0 Å². The van der Waals surface area contributed by atoms with E-state index in [1.807, 2.05) is 0 Å². The van der Waals surface area contributed by atoms with Gasteiger partial charge in [-0.3, -0.25) is 0 Å². The van der Waals surface area contributed by atoms with E-state index in [9.17, 15) is 5.11 Å². The highest BCUT2D eigenvalue weighted by molar-refractivity contribution is 5.26. The van der Waals surface area contributed by atoms with Crippen molar-refractivity contribution in [3.63, 3.8) is 0 Å². The van der Waals surface area contributed by atoms with E-state index in [4.69, 9.17) is 0 Å². The van der Waals surface area contributed by atoms with Gasteiger partial charge in [0.1, 0.15) is 0 Å². The van der Waals surface area contributed by atoms with Crippen molar-refractivity contribution in [1.29, 1.82) is 0 Å². The van der Waals surface area contributed by atoms with Crippen molar-refractivity contribution in [2.45, 2.75) is 44.6 Å². The molecule has 1 aliphatic rings. The van der Waals surface area contributed by atoms with E-state index in [2.05, 4.69) is 43.4 Å². The van der Waals surface area contributed by atoms with Crippen LogP contribution in [0.3, 0.4) is 0 Å². The second-order valence-electron chi connectivity index (χ2n) is 5.54. The molecule has 2 nitrogen and oxygen atoms in total. The first-order valence-electron chi connectivity index (χ1n) is 6.60. The summed E-state index contributed by atoms with van der Waals surface area (Å²) >= 11 is 0. The molecule has 1 heterocycles. The Balaban J connectivity index is 2.07. The largest absolute Gasteiger partial charge is 0.394 e. The Hall–Kier alpha value is -0.860. The van der Waals surface area contributed by atoms with Crippen LogP contribution in [-0.2, 0) is 6.42 Å². The molecule has 0 aromatic heterocycles. The molecular weight excluding hydrogens is 210 g/mol. The summed E-state index contributed by atoms with van der Waals surface area (Å²) in [7, 11) is 0. The molecule has 1 fully saturated rings. The van der Waals surface area contributed by atoms with Crippen molar-refractivity contribution in [3.05, 3.63) is 35.4 Å². The monoisotopic (exact) mass is 233 g/mol. The van der Waals surface area contributed by atoms with Crippen LogP contribution in [0.4, 0.5) is 0 Å². The maximum atomic E-state index is 9.56. The number of rotatable bonds is 4. The molecule has 94 valence electrons. The Kier molecular flexibility index (Phi) is 3.85. The van der Waals surface area contributed by atoms with Gasteiger partial charge in [0, 0.05) is 5.54 Å². The quantitative estimate of drug-likeness (QED) is 0.837. The molecule has 0 amide bonds. The lowest BCUT2D eigenvalue weighted by Crippen LogP contribution is -2.45. The van der Waals surface area contributed by atoms with Crippen LogP contribution in [0.15, 0.2) is 24.3 Å². The van der Waals surface area contributed by atoms with Crippen molar-refractivity contribution in [3.8, 4) is 0 Å². The predicted octanol–water partition coefficient (Wildman–Crippen LogP) is 2.47. The van der Waals surface area contributed by atoms with Crippen molar-refractivity contribution >= 4 is 0 Å². The summed E-state index contributed by atoms with van der Waals surface area (Å²) in [6.07, 6.45) is 3.18. The Bertz CT molecular complexity index is 350. The van der Waals surface area contributed by atoms with Crippen LogP contribution in [-0.4, -0.2) is 23.8 Å². The molecule has 1 aromatic carbocycles. The van der Waals surface area contributed by atoms with Crippen LogP contribution in [0.25, 0.3) is 0 Å². The average Bonchev–Trinajstić information content (AvgIpc) is 2.79. The third-order valence-electron chi connectivity index (χ3n) is 3.82. The highest BCUT2D eigenvalue weighted by atomic mass is 16.3. The molecule has 2 N–H and O–H groups in total. The summed E-state index contributed by atoms with van der Waals surface area (Å²) in [6, 6.07) is 8.82. The molecule has 1 atom stereocenters. The highest BCUT2D eigenvalue weighted by Gasteiger charge is 2.32. The third-order valence-corrected chi connectivity index (χ3v) is 3.82. The SMILES string of the molecule is CC(C)c1ccc(CC2(CO)CCCN2)cc1. The molecule has 1 aliphatic heterocycles. The van der Waals surface area contributed by atoms with Crippen LogP contribution in [0.5, 0.6) is 0 Å². The molecule has 0 radical (unpaired) electrons. The number of hydrogen-bond acceptors (Lipinski definition) is 2. The number of aliphatic hydroxyl groups is 1. The summed E-state index contributed by atoms with van der Waals surface area (Å²) < 4.78 is 0. The van der Waals surface area contributed by atoms with Gasteiger partial charge in [0.15, 0.2) is 0 Å². The van der Waals surface area contributed by atoms with Gasteiger partial charge in [-0.1, -0.05) is 38.1 Å². The number of nitrogens with one attached hydrogen (secondary N) is 1. The molecule has 2 rings (SSSR count). The zero-order valence-electron chi connectivity index (χ0n) is 10.9. The zero-order valence-corrected chi connectivity index (χ0v) is 10.9. The maximum absolute atomic E-state index is 9.56. The van der Waals surface area contributed by atoms with Crippen molar-refractivity contribution in [2.75, 3.05) is 13.2 Å². The standard InChI is InChI=1S/C15H23NO/c1-12(2)14-6-4-13(5-7-14)10-15(11-17)8-3-9-16-15/h4-7,12,16-17H,3,8-11H2,1-2H3. The van der Waals surface area contributed by atoms with Crippen molar-refractivity contribution in [1.82, 2.24) is 5.32 Å². The van der Waals surface area contributed by atoms with Gasteiger partial charge in [0.2, 0.25) is 0 Å². The average molecular weight is 233 g/mol. The summed E-state index contributed by atoms with van der Waals surface area (Å²) in [4.78, 5) is 0. The van der Waals surface area contributed by atoms with Crippen LogP contribution < -0.4 is 5.32 Å². The molecule has 1 unspecified atom stereocenters. The summed E-state index contributed by atoms with van der Waals surface area (Å²) in [6.45, 7) is 5.69. The molecule has 1 aromatic rings. The summed E-state index contributed by atoms with van der Waals surface area (Å²) in [5, 5.41) is 13.0. The minimum Gasteiger partial charge on any atom is -0.394 e. The van der Waals surface area contributed by atoms with Gasteiger partial charge < -0.3 is 10.4 Å². The fraction of sp³-hybridized carbons (Fsp3) is 0.600. The normalized spacial score (nSPS) is 24.5. The van der Waals surface area contributed by atoms with E-state index >= 15 is 0 Å². The summed E-state index contributed by atoms with van der Waals surface area (Å²) in [5.74, 6) is 0.584. The topological polar surface area (TPSA) is 32.3 Å². The smallest absolute Gasteiger partial charge is 0.0616 e. The first-order chi connectivity index (χ1) is 8.15. The first-order valence-corrected chi connectivity index (χ1v) is 6.60. The minimum absolute atomic E-state index is 0.0701. The van der Waals surface area contributed by atoms with Crippen LogP contribution in [0, 0.1) is 0 Å². The van der Waals surface area contributed by atoms with Crippen molar-refractivity contribution in [2.24, 2.45) is 0 Å². The second kappa shape index (κ2) is 5.19. The van der Waals surface area contributed by atoms with Gasteiger partial charge in [0.05, 0.1) is 6.61 Å². The first kappa shape index (κ1) is 12.6. The van der Waals surface area contributed by atoms with Crippen LogP contribution >= 0.6 is 0 Å². The van der Waals surface area contributed by atoms with Gasteiger partial charge >= 0.3 is 0 Å². The van der Waals surface area contributed by atoms with E-state index in [0.717, 1.165) is 19.4 Å². The van der Waals surface area contributed by atoms with E-state index in [1.54, 1.807) is 0 Å². The molecule has 0 bridgehead atoms. The summed E-state index contributed by atoms with van der Waals surface area (Å²) in [5.41, 5.74) is 2.63. The van der Waals surface area contributed by atoms with Gasteiger partial charge in [0.25, 0.3) is 0 Å². The maximum Gasteiger partial charge on any atom is 0.0616 e. The number of aliphatic hydroxyl groups excluding tert-OH is 1. The van der Waals surface area contributed by atoms with Crippen LogP contribution in [0.1, 0.15) is 43.7 Å². The molecule has 2 heteroatoms. The van der Waals surface area contributed by atoms with Crippen LogP contribution in [0.2, 0.25) is 0 Å². The lowest BCUT2D eigenvalue weighted by atomic mass is 9.89. The van der Waals surface area contributed by atoms with Gasteiger partial charge in [-0.15, -0.1) is 0 Å². The third kappa shape index (κ3) is 2.88. The zero-order chi connectivity index (χ0) is 12.3. The predicted molar refractivity (Wildman–Crippen MR) is 71.3 cm³/mol. The van der Waals surface area contributed by atoms with E-state index in [0.29, 0.717) is 5.92 Å². The Morgan fingerprint density at radius 1 is 1.29 bits per heavy atom. The lowest BCUT2D eigenvalue weighted by Gasteiger charge is -2.27. The van der Waals surface area contributed by atoms with Gasteiger partial charge in [-0.25, -0.2) is 0 Å². The molecule has 17 heavy (non-hydrogen) atoms. The van der Waals surface area contributed by atoms with E-state index in [-0.39, 0.29) is 12.1 Å². The fourth-order valence-corrected chi connectivity index (χ4v) is 2.62. The highest BCUT2D eigenvalue weighted by Crippen LogP contribution is 2.24. The molecular formula is C15H23NO. The lowest BCUT2D eigenvalue weighted by molar-refractivity contribution is 0.177. The fourth-order valence-electron chi connectivity index (χ4n) is 2.62. The van der Waals surface area contributed by atoms with Gasteiger partial charge in [-0.2, -0.15) is 0 Å². The molecule has 0 aliphatic carbocycles. The number of benzene rings is 1. The molecule has 0 saturated carbocycles. The number of hydrogen-bond donors (Lipinski definition) is 2. The molecule has 1 saturated heterocycles. The van der Waals surface area contributed by atoms with Crippen molar-refractivity contribution < 1.29 is 5.11 Å². The minimum atomic E-state index is -0.0701. The Morgan fingerprint density at radius 2 is 2.00 bits per heavy atom.